The Kier molecular flexibility index (Phi) is 6.79. The predicted octanol–water partition coefficient (Wildman–Crippen LogP) is 4.80. The molecule has 156 valence electrons. The fourth-order valence-corrected chi connectivity index (χ4v) is 4.11. The molecule has 2 N–H and O–H groups in total. The quantitative estimate of drug-likeness (QED) is 0.528. The predicted molar refractivity (Wildman–Crippen MR) is 117 cm³/mol. The average molecular weight is 426 g/mol. The maximum atomic E-state index is 12.9. The normalized spacial score (nSPS) is 10.5. The summed E-state index contributed by atoms with van der Waals surface area (Å²) >= 11 is 1.55. The number of anilines is 2. The third-order valence-electron chi connectivity index (χ3n) is 4.45. The first-order valence-electron chi connectivity index (χ1n) is 9.29. The minimum Gasteiger partial charge on any atom is -0.495 e. The Labute approximate surface area is 179 Å². The summed E-state index contributed by atoms with van der Waals surface area (Å²) in [6, 6.07) is 12.5. The van der Waals surface area contributed by atoms with Gasteiger partial charge in [-0.15, -0.1) is 11.8 Å². The summed E-state index contributed by atoms with van der Waals surface area (Å²) in [4.78, 5) is 25.2. The number of rotatable bonds is 7. The van der Waals surface area contributed by atoms with Gasteiger partial charge in [0.1, 0.15) is 11.5 Å². The van der Waals surface area contributed by atoms with E-state index in [2.05, 4.69) is 15.8 Å². The number of nitrogens with zero attached hydrogens (tertiary/aromatic N) is 1. The van der Waals surface area contributed by atoms with Gasteiger partial charge in [-0.25, -0.2) is 0 Å². The van der Waals surface area contributed by atoms with E-state index in [9.17, 15) is 9.59 Å². The Morgan fingerprint density at radius 3 is 2.57 bits per heavy atom. The van der Waals surface area contributed by atoms with E-state index in [-0.39, 0.29) is 11.8 Å². The van der Waals surface area contributed by atoms with E-state index in [1.165, 1.54) is 14.0 Å². The largest absolute Gasteiger partial charge is 0.495 e. The van der Waals surface area contributed by atoms with Crippen molar-refractivity contribution in [3.05, 3.63) is 65.0 Å². The Balaban J connectivity index is 1.78. The summed E-state index contributed by atoms with van der Waals surface area (Å²) in [6.45, 7) is 5.20. The van der Waals surface area contributed by atoms with Gasteiger partial charge >= 0.3 is 0 Å². The van der Waals surface area contributed by atoms with Crippen molar-refractivity contribution < 1.29 is 18.8 Å². The summed E-state index contributed by atoms with van der Waals surface area (Å²) in [7, 11) is 1.52. The van der Waals surface area contributed by atoms with Crippen LogP contribution in [0.15, 0.2) is 51.9 Å². The van der Waals surface area contributed by atoms with Crippen LogP contribution in [0.2, 0.25) is 0 Å². The SMILES string of the molecule is COc1ccc(NC(=O)c2ccccc2SCc2c(C)noc2C)cc1NC(C)=O. The molecule has 3 rings (SSSR count). The van der Waals surface area contributed by atoms with Gasteiger partial charge in [-0.05, 0) is 44.2 Å². The van der Waals surface area contributed by atoms with Crippen LogP contribution < -0.4 is 15.4 Å². The van der Waals surface area contributed by atoms with Gasteiger partial charge < -0.3 is 19.9 Å². The summed E-state index contributed by atoms with van der Waals surface area (Å²) in [6.07, 6.45) is 0. The van der Waals surface area contributed by atoms with Crippen molar-refractivity contribution >= 4 is 35.0 Å². The molecule has 0 radical (unpaired) electrons. The number of methoxy groups -OCH3 is 1. The van der Waals surface area contributed by atoms with E-state index in [1.807, 2.05) is 32.0 Å². The highest BCUT2D eigenvalue weighted by molar-refractivity contribution is 7.98. The van der Waals surface area contributed by atoms with Crippen molar-refractivity contribution in [2.24, 2.45) is 0 Å². The number of hydrogen-bond acceptors (Lipinski definition) is 6. The molecule has 0 aliphatic carbocycles. The molecule has 1 aromatic heterocycles. The second-order valence-corrected chi connectivity index (χ2v) is 7.66. The van der Waals surface area contributed by atoms with Crippen molar-refractivity contribution in [2.45, 2.75) is 31.4 Å². The molecule has 0 unspecified atom stereocenters. The standard InChI is InChI=1S/C22H23N3O4S/c1-13-18(14(2)29-25-13)12-30-21-8-6-5-7-17(21)22(27)24-16-9-10-20(28-4)19(11-16)23-15(3)26/h5-11H,12H2,1-4H3,(H,23,26)(H,24,27). The van der Waals surface area contributed by atoms with Gasteiger partial charge in [0, 0.05) is 28.8 Å². The van der Waals surface area contributed by atoms with Crippen molar-refractivity contribution in [3.8, 4) is 5.75 Å². The fraction of sp³-hybridized carbons (Fsp3) is 0.227. The molecule has 1 heterocycles. The maximum Gasteiger partial charge on any atom is 0.256 e. The third-order valence-corrected chi connectivity index (χ3v) is 5.55. The molecular formula is C22H23N3O4S. The molecule has 0 aliphatic heterocycles. The molecule has 30 heavy (non-hydrogen) atoms. The van der Waals surface area contributed by atoms with Crippen molar-refractivity contribution in [1.29, 1.82) is 0 Å². The van der Waals surface area contributed by atoms with E-state index >= 15 is 0 Å². The number of aromatic nitrogens is 1. The molecule has 0 aliphatic rings. The Hall–Kier alpha value is -3.26. The van der Waals surface area contributed by atoms with Crippen molar-refractivity contribution in [2.75, 3.05) is 17.7 Å². The topological polar surface area (TPSA) is 93.5 Å². The molecule has 3 aromatic rings. The highest BCUT2D eigenvalue weighted by Gasteiger charge is 2.15. The molecule has 8 heteroatoms. The molecule has 2 amide bonds. The van der Waals surface area contributed by atoms with Crippen LogP contribution in [-0.4, -0.2) is 24.1 Å². The highest BCUT2D eigenvalue weighted by Crippen LogP contribution is 2.31. The number of benzene rings is 2. The summed E-state index contributed by atoms with van der Waals surface area (Å²) in [5, 5.41) is 9.57. The van der Waals surface area contributed by atoms with Crippen LogP contribution in [0.4, 0.5) is 11.4 Å². The Bertz CT molecular complexity index is 1060. The monoisotopic (exact) mass is 425 g/mol. The third kappa shape index (κ3) is 5.01. The minimum absolute atomic E-state index is 0.224. The number of amides is 2. The van der Waals surface area contributed by atoms with Crippen LogP contribution in [0.25, 0.3) is 0 Å². The van der Waals surface area contributed by atoms with Crippen LogP contribution in [0.1, 0.15) is 34.3 Å². The van der Waals surface area contributed by atoms with Gasteiger partial charge in [0.05, 0.1) is 24.1 Å². The molecule has 7 nitrogen and oxygen atoms in total. The highest BCUT2D eigenvalue weighted by atomic mass is 32.2. The minimum atomic E-state index is -0.240. The molecular weight excluding hydrogens is 402 g/mol. The number of carbonyl (C=O) groups excluding carboxylic acids is 2. The van der Waals surface area contributed by atoms with E-state index in [4.69, 9.17) is 9.26 Å². The van der Waals surface area contributed by atoms with Gasteiger partial charge in [0.25, 0.3) is 5.91 Å². The molecule has 0 saturated carbocycles. The Morgan fingerprint density at radius 1 is 1.13 bits per heavy atom. The summed E-state index contributed by atoms with van der Waals surface area (Å²) in [5.74, 6) is 1.48. The van der Waals surface area contributed by atoms with Crippen LogP contribution in [0.3, 0.4) is 0 Å². The fourth-order valence-electron chi connectivity index (χ4n) is 2.91. The van der Waals surface area contributed by atoms with Gasteiger partial charge in [-0.2, -0.15) is 0 Å². The number of hydrogen-bond donors (Lipinski definition) is 2. The van der Waals surface area contributed by atoms with Crippen molar-refractivity contribution in [1.82, 2.24) is 5.16 Å². The van der Waals surface area contributed by atoms with E-state index in [1.54, 1.807) is 36.0 Å². The molecule has 0 fully saturated rings. The van der Waals surface area contributed by atoms with Crippen LogP contribution in [-0.2, 0) is 10.5 Å². The Morgan fingerprint density at radius 2 is 1.90 bits per heavy atom. The lowest BCUT2D eigenvalue weighted by Crippen LogP contribution is -2.14. The van der Waals surface area contributed by atoms with E-state index < -0.39 is 0 Å². The molecule has 0 saturated heterocycles. The lowest BCUT2D eigenvalue weighted by Gasteiger charge is -2.13. The molecule has 0 bridgehead atoms. The number of carbonyl (C=O) groups is 2. The first kappa shape index (κ1) is 21.4. The van der Waals surface area contributed by atoms with Crippen LogP contribution in [0.5, 0.6) is 5.75 Å². The second-order valence-electron chi connectivity index (χ2n) is 6.64. The smallest absolute Gasteiger partial charge is 0.256 e. The maximum absolute atomic E-state index is 12.9. The lowest BCUT2D eigenvalue weighted by molar-refractivity contribution is -0.114. The zero-order chi connectivity index (χ0) is 21.7. The van der Waals surface area contributed by atoms with E-state index in [0.717, 1.165) is 21.9 Å². The van der Waals surface area contributed by atoms with Crippen LogP contribution in [0, 0.1) is 13.8 Å². The van der Waals surface area contributed by atoms with Gasteiger partial charge in [-0.1, -0.05) is 17.3 Å². The number of nitrogens with one attached hydrogen (secondary N) is 2. The average Bonchev–Trinajstić information content (AvgIpc) is 3.04. The van der Waals surface area contributed by atoms with E-state index in [0.29, 0.717) is 28.4 Å². The molecule has 0 atom stereocenters. The van der Waals surface area contributed by atoms with Crippen LogP contribution >= 0.6 is 11.8 Å². The zero-order valence-electron chi connectivity index (χ0n) is 17.2. The summed E-state index contributed by atoms with van der Waals surface area (Å²) < 4.78 is 10.5. The van der Waals surface area contributed by atoms with Crippen molar-refractivity contribution in [3.63, 3.8) is 0 Å². The first-order chi connectivity index (χ1) is 14.4. The zero-order valence-corrected chi connectivity index (χ0v) is 18.1. The van der Waals surface area contributed by atoms with Gasteiger partial charge in [-0.3, -0.25) is 9.59 Å². The number of aryl methyl sites for hydroxylation is 2. The first-order valence-corrected chi connectivity index (χ1v) is 10.3. The molecule has 0 spiro atoms. The lowest BCUT2D eigenvalue weighted by atomic mass is 10.2. The molecule has 2 aromatic carbocycles. The summed E-state index contributed by atoms with van der Waals surface area (Å²) in [5.41, 5.74) is 3.49. The van der Waals surface area contributed by atoms with Gasteiger partial charge in [0.15, 0.2) is 0 Å². The van der Waals surface area contributed by atoms with Gasteiger partial charge in [0.2, 0.25) is 5.91 Å². The number of thioether (sulfide) groups is 1. The number of ether oxygens (including phenoxy) is 1. The second kappa shape index (κ2) is 9.49.